The number of carbonyl (C=O) groups excluding carboxylic acids is 2. The molecule has 6 nitrogen and oxygen atoms in total. The van der Waals surface area contributed by atoms with Gasteiger partial charge in [0, 0.05) is 14.1 Å². The Morgan fingerprint density at radius 3 is 1.93 bits per heavy atom. The quantitative estimate of drug-likeness (QED) is 0.233. The highest BCUT2D eigenvalue weighted by Gasteiger charge is 2.29. The molecular weight excluding hydrogens is 453 g/mol. The molecule has 13 heteroatoms. The smallest absolute Gasteiger partial charge is 0.341 e. The van der Waals surface area contributed by atoms with Gasteiger partial charge >= 0.3 is 5.97 Å². The highest BCUT2D eigenvalue weighted by Crippen LogP contribution is 2.35. The summed E-state index contributed by atoms with van der Waals surface area (Å²) in [5.41, 5.74) is -1.19. The standard InChI is InChI=1S/C17H14F5N3O3S2/c1-5-6(16(27)28-4)14(30-13(5)15(26)25(2)3)24-17(29)23-12-10(21)8(19)7(18)9(20)11(12)22/h1-4H3,(H2,23,24,29). The van der Waals surface area contributed by atoms with Crippen LogP contribution in [0.15, 0.2) is 0 Å². The number of esters is 1. The first-order chi connectivity index (χ1) is 13.9. The molecule has 1 amide bonds. The van der Waals surface area contributed by atoms with Crippen LogP contribution in [0.5, 0.6) is 0 Å². The number of hydrogen-bond donors (Lipinski definition) is 2. The van der Waals surface area contributed by atoms with E-state index in [1.54, 1.807) is 0 Å². The van der Waals surface area contributed by atoms with E-state index in [-0.39, 0.29) is 21.0 Å². The maximum absolute atomic E-state index is 13.8. The predicted octanol–water partition coefficient (Wildman–Crippen LogP) is 4.05. The number of anilines is 2. The summed E-state index contributed by atoms with van der Waals surface area (Å²) in [6.07, 6.45) is 0. The van der Waals surface area contributed by atoms with Gasteiger partial charge in [-0.05, 0) is 24.7 Å². The minimum Gasteiger partial charge on any atom is -0.465 e. The summed E-state index contributed by atoms with van der Waals surface area (Å²) >= 11 is 5.67. The molecule has 0 aliphatic rings. The van der Waals surface area contributed by atoms with Gasteiger partial charge in [-0.15, -0.1) is 11.3 Å². The topological polar surface area (TPSA) is 70.7 Å². The lowest BCUT2D eigenvalue weighted by atomic mass is 10.1. The first kappa shape index (κ1) is 23.5. The zero-order valence-electron chi connectivity index (χ0n) is 15.9. The van der Waals surface area contributed by atoms with E-state index in [4.69, 9.17) is 12.2 Å². The normalized spacial score (nSPS) is 10.6. The maximum Gasteiger partial charge on any atom is 0.341 e. The van der Waals surface area contributed by atoms with Crippen molar-refractivity contribution in [2.24, 2.45) is 0 Å². The zero-order chi connectivity index (χ0) is 22.9. The second kappa shape index (κ2) is 8.92. The third-order valence-corrected chi connectivity index (χ3v) is 5.21. The summed E-state index contributed by atoms with van der Waals surface area (Å²) in [6, 6.07) is 0. The number of methoxy groups -OCH3 is 1. The zero-order valence-corrected chi connectivity index (χ0v) is 17.5. The van der Waals surface area contributed by atoms with Crippen LogP contribution in [0.25, 0.3) is 0 Å². The highest BCUT2D eigenvalue weighted by molar-refractivity contribution is 7.80. The van der Waals surface area contributed by atoms with Crippen molar-refractivity contribution in [3.05, 3.63) is 45.1 Å². The van der Waals surface area contributed by atoms with Gasteiger partial charge in [0.15, 0.2) is 28.4 Å². The second-order valence-corrected chi connectivity index (χ2v) is 7.40. The summed E-state index contributed by atoms with van der Waals surface area (Å²) in [4.78, 5) is 25.8. The van der Waals surface area contributed by atoms with Gasteiger partial charge in [0.05, 0.1) is 17.6 Å². The lowest BCUT2D eigenvalue weighted by Crippen LogP contribution is -2.22. The van der Waals surface area contributed by atoms with Crippen LogP contribution in [0.4, 0.5) is 32.6 Å². The summed E-state index contributed by atoms with van der Waals surface area (Å²) in [5.74, 6) is -12.1. The molecule has 2 aromatic rings. The van der Waals surface area contributed by atoms with Gasteiger partial charge in [-0.25, -0.2) is 26.7 Å². The molecule has 0 aliphatic heterocycles. The van der Waals surface area contributed by atoms with Gasteiger partial charge in [-0.1, -0.05) is 0 Å². The molecule has 0 atom stereocenters. The van der Waals surface area contributed by atoms with Crippen LogP contribution in [0.3, 0.4) is 0 Å². The predicted molar refractivity (Wildman–Crippen MR) is 104 cm³/mol. The molecule has 1 aromatic heterocycles. The first-order valence-corrected chi connectivity index (χ1v) is 9.17. The molecule has 0 saturated heterocycles. The number of thiophene rings is 1. The van der Waals surface area contributed by atoms with Crippen molar-refractivity contribution >= 4 is 51.2 Å². The molecule has 0 fully saturated rings. The summed E-state index contributed by atoms with van der Waals surface area (Å²) in [5, 5.41) is 3.70. The van der Waals surface area contributed by atoms with E-state index in [0.29, 0.717) is 0 Å². The fourth-order valence-corrected chi connectivity index (χ4v) is 3.81. The van der Waals surface area contributed by atoms with Crippen molar-refractivity contribution in [2.75, 3.05) is 31.8 Å². The van der Waals surface area contributed by atoms with E-state index in [1.165, 1.54) is 25.9 Å². The molecular formula is C17H14F5N3O3S2. The van der Waals surface area contributed by atoms with Crippen molar-refractivity contribution in [2.45, 2.75) is 6.92 Å². The average molecular weight is 467 g/mol. The summed E-state index contributed by atoms with van der Waals surface area (Å²) in [6.45, 7) is 1.48. The van der Waals surface area contributed by atoms with Crippen LogP contribution in [-0.4, -0.2) is 43.1 Å². The molecule has 0 unspecified atom stereocenters. The Balaban J connectivity index is 2.44. The Morgan fingerprint density at radius 1 is 0.967 bits per heavy atom. The van der Waals surface area contributed by atoms with Crippen LogP contribution in [0.2, 0.25) is 0 Å². The Bertz CT molecular complexity index is 1030. The monoisotopic (exact) mass is 467 g/mol. The first-order valence-electron chi connectivity index (χ1n) is 7.95. The molecule has 0 radical (unpaired) electrons. The number of amides is 1. The molecule has 162 valence electrons. The summed E-state index contributed by atoms with van der Waals surface area (Å²) in [7, 11) is 4.08. The Labute approximate surface area is 176 Å². The maximum atomic E-state index is 13.8. The van der Waals surface area contributed by atoms with Gasteiger partial charge in [0.2, 0.25) is 5.82 Å². The number of hydrogen-bond acceptors (Lipinski definition) is 5. The Kier molecular flexibility index (Phi) is 6.98. The third kappa shape index (κ3) is 4.21. The molecule has 0 saturated carbocycles. The van der Waals surface area contributed by atoms with Crippen molar-refractivity contribution in [1.82, 2.24) is 4.90 Å². The molecule has 0 bridgehead atoms. The number of nitrogens with zero attached hydrogens (tertiary/aromatic N) is 1. The van der Waals surface area contributed by atoms with Crippen LogP contribution in [-0.2, 0) is 4.74 Å². The summed E-state index contributed by atoms with van der Waals surface area (Å²) < 4.78 is 72.2. The minimum atomic E-state index is -2.32. The fraction of sp³-hybridized carbons (Fsp3) is 0.235. The number of ether oxygens (including phenoxy) is 1. The molecule has 2 rings (SSSR count). The van der Waals surface area contributed by atoms with E-state index in [2.05, 4.69) is 10.1 Å². The number of thiocarbonyl (C=S) groups is 1. The lowest BCUT2D eigenvalue weighted by molar-refractivity contribution is 0.0601. The van der Waals surface area contributed by atoms with E-state index in [0.717, 1.165) is 18.4 Å². The number of carbonyl (C=O) groups is 2. The molecule has 0 aliphatic carbocycles. The number of nitrogens with one attached hydrogen (secondary N) is 2. The highest BCUT2D eigenvalue weighted by atomic mass is 32.1. The van der Waals surface area contributed by atoms with Crippen molar-refractivity contribution in [3.63, 3.8) is 0 Å². The van der Waals surface area contributed by atoms with Gasteiger partial charge in [-0.2, -0.15) is 0 Å². The van der Waals surface area contributed by atoms with Crippen molar-refractivity contribution < 1.29 is 36.3 Å². The van der Waals surface area contributed by atoms with Crippen LogP contribution in [0, 0.1) is 36.0 Å². The van der Waals surface area contributed by atoms with Gasteiger partial charge in [0.1, 0.15) is 10.7 Å². The number of rotatable bonds is 4. The Hall–Kier alpha value is -2.80. The molecule has 1 aromatic carbocycles. The second-order valence-electron chi connectivity index (χ2n) is 5.98. The van der Waals surface area contributed by atoms with Crippen molar-refractivity contribution in [1.29, 1.82) is 0 Å². The van der Waals surface area contributed by atoms with Crippen molar-refractivity contribution in [3.8, 4) is 0 Å². The van der Waals surface area contributed by atoms with E-state index in [1.807, 2.05) is 5.32 Å². The van der Waals surface area contributed by atoms with E-state index >= 15 is 0 Å². The number of benzene rings is 1. The van der Waals surface area contributed by atoms with E-state index in [9.17, 15) is 31.5 Å². The van der Waals surface area contributed by atoms with Crippen LogP contribution >= 0.6 is 23.6 Å². The SMILES string of the molecule is COC(=O)c1c(NC(=S)Nc2c(F)c(F)c(F)c(F)c2F)sc(C(=O)N(C)C)c1C. The molecule has 30 heavy (non-hydrogen) atoms. The lowest BCUT2D eigenvalue weighted by Gasteiger charge is -2.13. The van der Waals surface area contributed by atoms with Crippen LogP contribution < -0.4 is 10.6 Å². The average Bonchev–Trinajstić information content (AvgIpc) is 3.02. The van der Waals surface area contributed by atoms with Gasteiger partial charge in [0.25, 0.3) is 5.91 Å². The minimum absolute atomic E-state index is 0.0223. The molecule has 0 spiro atoms. The fourth-order valence-electron chi connectivity index (χ4n) is 2.32. The van der Waals surface area contributed by atoms with Gasteiger partial charge < -0.3 is 20.3 Å². The van der Waals surface area contributed by atoms with E-state index < -0.39 is 51.8 Å². The van der Waals surface area contributed by atoms with Crippen LogP contribution in [0.1, 0.15) is 25.6 Å². The van der Waals surface area contributed by atoms with Gasteiger partial charge in [-0.3, -0.25) is 4.79 Å². The largest absolute Gasteiger partial charge is 0.465 e. The molecule has 1 heterocycles. The number of halogens is 5. The molecule has 2 N–H and O–H groups in total. The Morgan fingerprint density at radius 2 is 1.47 bits per heavy atom. The third-order valence-electron chi connectivity index (χ3n) is 3.81.